The first-order valence-electron chi connectivity index (χ1n) is 6.60. The first-order valence-corrected chi connectivity index (χ1v) is 6.98. The normalized spacial score (nSPS) is 10.9. The van der Waals surface area contributed by atoms with Crippen LogP contribution in [0.5, 0.6) is 0 Å². The fourth-order valence-corrected chi connectivity index (χ4v) is 2.74. The highest BCUT2D eigenvalue weighted by Gasteiger charge is 2.11. The summed E-state index contributed by atoms with van der Waals surface area (Å²) in [5.41, 5.74) is 1.83. The van der Waals surface area contributed by atoms with Crippen molar-refractivity contribution in [3.63, 3.8) is 0 Å². The number of rotatable bonds is 2. The van der Waals surface area contributed by atoms with E-state index in [1.54, 1.807) is 10.8 Å². The molecule has 3 rings (SSSR count). The van der Waals surface area contributed by atoms with Gasteiger partial charge in [-0.2, -0.15) is 0 Å². The van der Waals surface area contributed by atoms with E-state index < -0.39 is 0 Å². The van der Waals surface area contributed by atoms with Gasteiger partial charge >= 0.3 is 0 Å². The summed E-state index contributed by atoms with van der Waals surface area (Å²) in [6.45, 7) is 2.04. The summed E-state index contributed by atoms with van der Waals surface area (Å²) < 4.78 is 1.61. The minimum absolute atomic E-state index is 0.0203. The maximum atomic E-state index is 12.8. The Morgan fingerprint density at radius 1 is 1.05 bits per heavy atom. The molecule has 0 fully saturated rings. The summed E-state index contributed by atoms with van der Waals surface area (Å²) >= 11 is 6.35. The number of halogens is 1. The molecule has 0 saturated carbocycles. The van der Waals surface area contributed by atoms with Crippen LogP contribution in [0.4, 0.5) is 0 Å². The van der Waals surface area contributed by atoms with Crippen LogP contribution in [0.3, 0.4) is 0 Å². The lowest BCUT2D eigenvalue weighted by Gasteiger charge is -2.11. The van der Waals surface area contributed by atoms with Crippen LogP contribution in [-0.2, 0) is 6.42 Å². The predicted molar refractivity (Wildman–Crippen MR) is 83.9 cm³/mol. The highest BCUT2D eigenvalue weighted by atomic mass is 35.5. The van der Waals surface area contributed by atoms with Gasteiger partial charge in [-0.05, 0) is 24.1 Å². The van der Waals surface area contributed by atoms with E-state index in [-0.39, 0.29) is 5.56 Å². The van der Waals surface area contributed by atoms with Gasteiger partial charge in [0.25, 0.3) is 5.56 Å². The molecule has 2 aromatic carbocycles. The van der Waals surface area contributed by atoms with Gasteiger partial charge in [-0.25, -0.2) is 0 Å². The molecule has 1 aromatic heterocycles. The molecule has 0 aliphatic rings. The Hall–Kier alpha value is -2.06. The third kappa shape index (κ3) is 2.02. The molecule has 3 heteroatoms. The van der Waals surface area contributed by atoms with Gasteiger partial charge in [0, 0.05) is 17.3 Å². The number of hydrogen-bond acceptors (Lipinski definition) is 1. The zero-order valence-electron chi connectivity index (χ0n) is 11.1. The molecule has 20 heavy (non-hydrogen) atoms. The fraction of sp³-hybridized carbons (Fsp3) is 0.118. The fourth-order valence-electron chi connectivity index (χ4n) is 2.49. The monoisotopic (exact) mass is 283 g/mol. The minimum Gasteiger partial charge on any atom is -0.282 e. The summed E-state index contributed by atoms with van der Waals surface area (Å²) in [4.78, 5) is 12.8. The van der Waals surface area contributed by atoms with E-state index in [0.29, 0.717) is 10.4 Å². The average Bonchev–Trinajstić information content (AvgIpc) is 2.51. The number of para-hydroxylation sites is 1. The van der Waals surface area contributed by atoms with Crippen molar-refractivity contribution in [3.8, 4) is 5.69 Å². The second-order valence-electron chi connectivity index (χ2n) is 4.68. The Labute approximate surface area is 122 Å². The quantitative estimate of drug-likeness (QED) is 0.691. The second kappa shape index (κ2) is 5.14. The zero-order chi connectivity index (χ0) is 14.1. The smallest absolute Gasteiger partial charge is 0.263 e. The third-order valence-electron chi connectivity index (χ3n) is 3.50. The van der Waals surface area contributed by atoms with Crippen molar-refractivity contribution in [3.05, 3.63) is 75.7 Å². The number of benzene rings is 2. The molecular weight excluding hydrogens is 270 g/mol. The summed E-state index contributed by atoms with van der Waals surface area (Å²) in [5, 5.41) is 2.13. The van der Waals surface area contributed by atoms with Gasteiger partial charge in [0.2, 0.25) is 0 Å². The first kappa shape index (κ1) is 12.9. The molecule has 0 aliphatic carbocycles. The average molecular weight is 284 g/mol. The Morgan fingerprint density at radius 2 is 1.80 bits per heavy atom. The van der Waals surface area contributed by atoms with E-state index in [0.717, 1.165) is 23.1 Å². The van der Waals surface area contributed by atoms with E-state index in [1.807, 2.05) is 55.5 Å². The van der Waals surface area contributed by atoms with E-state index in [2.05, 4.69) is 0 Å². The van der Waals surface area contributed by atoms with Gasteiger partial charge in [-0.15, -0.1) is 0 Å². The van der Waals surface area contributed by atoms with Crippen LogP contribution in [0.25, 0.3) is 16.5 Å². The van der Waals surface area contributed by atoms with Crippen LogP contribution in [0.1, 0.15) is 12.5 Å². The van der Waals surface area contributed by atoms with E-state index in [9.17, 15) is 4.79 Å². The zero-order valence-corrected chi connectivity index (χ0v) is 11.9. The largest absolute Gasteiger partial charge is 0.282 e. The van der Waals surface area contributed by atoms with Crippen LogP contribution in [0.15, 0.2) is 59.5 Å². The number of pyridine rings is 1. The highest BCUT2D eigenvalue weighted by Crippen LogP contribution is 2.24. The molecule has 1 heterocycles. The van der Waals surface area contributed by atoms with Crippen LogP contribution < -0.4 is 5.56 Å². The lowest BCUT2D eigenvalue weighted by molar-refractivity contribution is 1.00. The molecule has 0 N–H and O–H groups in total. The molecule has 0 unspecified atom stereocenters. The van der Waals surface area contributed by atoms with E-state index in [4.69, 9.17) is 11.6 Å². The van der Waals surface area contributed by atoms with E-state index >= 15 is 0 Å². The summed E-state index contributed by atoms with van der Waals surface area (Å²) in [6, 6.07) is 15.4. The molecule has 3 aromatic rings. The van der Waals surface area contributed by atoms with Gasteiger partial charge in [-0.3, -0.25) is 9.36 Å². The van der Waals surface area contributed by atoms with Crippen LogP contribution in [0, 0.1) is 0 Å². The SMILES string of the molecule is CCc1cccc2c(Cl)cn(-c3ccccc3)c(=O)c12. The molecular formula is C17H14ClNO. The third-order valence-corrected chi connectivity index (χ3v) is 3.80. The maximum absolute atomic E-state index is 12.8. The molecule has 0 amide bonds. The van der Waals surface area contributed by atoms with E-state index in [1.165, 1.54) is 0 Å². The molecule has 0 radical (unpaired) electrons. The Kier molecular flexibility index (Phi) is 3.33. The number of aryl methyl sites for hydroxylation is 1. The summed E-state index contributed by atoms with van der Waals surface area (Å²) in [7, 11) is 0. The van der Waals surface area contributed by atoms with Crippen LogP contribution in [0.2, 0.25) is 5.02 Å². The lowest BCUT2D eigenvalue weighted by atomic mass is 10.0. The number of nitrogens with zero attached hydrogens (tertiary/aromatic N) is 1. The van der Waals surface area contributed by atoms with Crippen molar-refractivity contribution in [1.82, 2.24) is 4.57 Å². The summed E-state index contributed by atoms with van der Waals surface area (Å²) in [5.74, 6) is 0. The summed E-state index contributed by atoms with van der Waals surface area (Å²) in [6.07, 6.45) is 2.50. The molecule has 100 valence electrons. The Balaban J connectivity index is 2.42. The van der Waals surface area contributed by atoms with Crippen molar-refractivity contribution in [2.75, 3.05) is 0 Å². The van der Waals surface area contributed by atoms with Crippen molar-refractivity contribution < 1.29 is 0 Å². The number of hydrogen-bond donors (Lipinski definition) is 0. The molecule has 0 bridgehead atoms. The van der Waals surface area contributed by atoms with Gasteiger partial charge in [0.05, 0.1) is 10.4 Å². The van der Waals surface area contributed by atoms with Gasteiger partial charge in [0.1, 0.15) is 0 Å². The molecule has 0 saturated heterocycles. The molecule has 0 spiro atoms. The van der Waals surface area contributed by atoms with Crippen LogP contribution >= 0.6 is 11.6 Å². The number of fused-ring (bicyclic) bond motifs is 1. The van der Waals surface area contributed by atoms with Crippen molar-refractivity contribution in [2.24, 2.45) is 0 Å². The lowest BCUT2D eigenvalue weighted by Crippen LogP contribution is -2.19. The van der Waals surface area contributed by atoms with Crippen molar-refractivity contribution in [1.29, 1.82) is 0 Å². The second-order valence-corrected chi connectivity index (χ2v) is 5.09. The maximum Gasteiger partial charge on any atom is 0.263 e. The first-order chi connectivity index (χ1) is 9.72. The highest BCUT2D eigenvalue weighted by molar-refractivity contribution is 6.35. The van der Waals surface area contributed by atoms with Crippen molar-refractivity contribution >= 4 is 22.4 Å². The standard InChI is InChI=1S/C17H14ClNO/c1-2-12-7-6-10-14-15(18)11-19(17(20)16(12)14)13-8-4-3-5-9-13/h3-11H,2H2,1H3. The molecule has 0 aliphatic heterocycles. The van der Waals surface area contributed by atoms with Gasteiger partial charge < -0.3 is 0 Å². The van der Waals surface area contributed by atoms with Gasteiger partial charge in [0.15, 0.2) is 0 Å². The number of aromatic nitrogens is 1. The molecule has 2 nitrogen and oxygen atoms in total. The minimum atomic E-state index is -0.0203. The Morgan fingerprint density at radius 3 is 2.50 bits per heavy atom. The van der Waals surface area contributed by atoms with Gasteiger partial charge in [-0.1, -0.05) is 54.9 Å². The van der Waals surface area contributed by atoms with Crippen molar-refractivity contribution in [2.45, 2.75) is 13.3 Å². The molecule has 0 atom stereocenters. The topological polar surface area (TPSA) is 22.0 Å². The predicted octanol–water partition coefficient (Wildman–Crippen LogP) is 4.21. The Bertz CT molecular complexity index is 822. The van der Waals surface area contributed by atoms with Crippen LogP contribution in [-0.4, -0.2) is 4.57 Å².